The molecule has 1 aromatic carbocycles. The van der Waals surface area contributed by atoms with Crippen molar-refractivity contribution in [1.29, 1.82) is 0 Å². The number of carbonyl (C=O) groups excluding carboxylic acids is 2. The van der Waals surface area contributed by atoms with Gasteiger partial charge in [-0.2, -0.15) is 0 Å². The second-order valence-corrected chi connectivity index (χ2v) is 7.41. The van der Waals surface area contributed by atoms with Crippen molar-refractivity contribution in [3.8, 4) is 5.75 Å². The van der Waals surface area contributed by atoms with Crippen molar-refractivity contribution >= 4 is 17.4 Å². The second-order valence-electron chi connectivity index (χ2n) is 7.41. The molecule has 1 amide bonds. The molecule has 7 heteroatoms. The maximum absolute atomic E-state index is 12.9. The monoisotopic (exact) mass is 410 g/mol. The zero-order chi connectivity index (χ0) is 21.8. The molecule has 1 atom stereocenters. The summed E-state index contributed by atoms with van der Waals surface area (Å²) in [6.45, 7) is 6.24. The molecule has 0 aliphatic carbocycles. The molecule has 1 aliphatic heterocycles. The van der Waals surface area contributed by atoms with Crippen molar-refractivity contribution < 1.29 is 24.2 Å². The highest BCUT2D eigenvalue weighted by atomic mass is 16.5. The van der Waals surface area contributed by atoms with Crippen LogP contribution in [0.1, 0.15) is 36.6 Å². The van der Waals surface area contributed by atoms with Crippen molar-refractivity contribution in [2.75, 3.05) is 20.3 Å². The maximum Gasteiger partial charge on any atom is 0.295 e. The summed E-state index contributed by atoms with van der Waals surface area (Å²) in [6, 6.07) is 7.94. The summed E-state index contributed by atoms with van der Waals surface area (Å²) < 4.78 is 10.8. The fourth-order valence-electron chi connectivity index (χ4n) is 3.53. The molecule has 1 aromatic heterocycles. The van der Waals surface area contributed by atoms with Crippen LogP contribution < -0.4 is 4.74 Å². The number of hydrogen-bond acceptors (Lipinski definition) is 6. The van der Waals surface area contributed by atoms with Crippen LogP contribution in [0, 0.1) is 6.92 Å². The lowest BCUT2D eigenvalue weighted by Crippen LogP contribution is -2.32. The van der Waals surface area contributed by atoms with Crippen molar-refractivity contribution in [3.05, 3.63) is 65.0 Å². The van der Waals surface area contributed by atoms with Crippen molar-refractivity contribution in [2.24, 2.45) is 0 Å². The van der Waals surface area contributed by atoms with Crippen LogP contribution in [0.4, 0.5) is 0 Å². The van der Waals surface area contributed by atoms with Crippen LogP contribution >= 0.6 is 0 Å². The number of methoxy groups -OCH3 is 1. The van der Waals surface area contributed by atoms with Gasteiger partial charge in [0.05, 0.1) is 24.3 Å². The fourth-order valence-corrected chi connectivity index (χ4v) is 3.53. The van der Waals surface area contributed by atoms with E-state index in [1.165, 1.54) is 12.0 Å². The van der Waals surface area contributed by atoms with Gasteiger partial charge in [0.2, 0.25) is 0 Å². The van der Waals surface area contributed by atoms with Gasteiger partial charge >= 0.3 is 0 Å². The minimum absolute atomic E-state index is 0.0148. The van der Waals surface area contributed by atoms with Gasteiger partial charge in [0.15, 0.2) is 0 Å². The zero-order valence-corrected chi connectivity index (χ0v) is 17.6. The molecule has 3 rings (SSSR count). The lowest BCUT2D eigenvalue weighted by Gasteiger charge is -2.25. The van der Waals surface area contributed by atoms with Gasteiger partial charge in [-0.25, -0.2) is 0 Å². The Balaban J connectivity index is 2.10. The van der Waals surface area contributed by atoms with Gasteiger partial charge in [-0.3, -0.25) is 14.6 Å². The number of pyridine rings is 1. The Hall–Kier alpha value is -3.19. The van der Waals surface area contributed by atoms with E-state index in [-0.39, 0.29) is 30.6 Å². The van der Waals surface area contributed by atoms with E-state index >= 15 is 0 Å². The Morgan fingerprint density at radius 2 is 1.90 bits per heavy atom. The number of Topliss-reactive ketones (excluding diaryl/α,β-unsaturated/α-hetero) is 1. The molecule has 0 bridgehead atoms. The number of ether oxygens (including phenoxy) is 2. The first-order valence-electron chi connectivity index (χ1n) is 9.80. The summed E-state index contributed by atoms with van der Waals surface area (Å²) in [4.78, 5) is 31.0. The first kappa shape index (κ1) is 21.5. The van der Waals surface area contributed by atoms with Crippen LogP contribution in [0.3, 0.4) is 0 Å². The number of aryl methyl sites for hydroxylation is 1. The van der Waals surface area contributed by atoms with Crippen molar-refractivity contribution in [2.45, 2.75) is 32.9 Å². The molecule has 2 heterocycles. The third-order valence-corrected chi connectivity index (χ3v) is 4.91. The highest BCUT2D eigenvalue weighted by molar-refractivity contribution is 6.46. The molecule has 0 spiro atoms. The molecule has 0 unspecified atom stereocenters. The normalized spacial score (nSPS) is 18.3. The zero-order valence-electron chi connectivity index (χ0n) is 17.6. The van der Waals surface area contributed by atoms with Gasteiger partial charge in [-0.05, 0) is 62.2 Å². The minimum atomic E-state index is -0.717. The third kappa shape index (κ3) is 4.21. The van der Waals surface area contributed by atoms with Crippen LogP contribution in [-0.4, -0.2) is 53.0 Å². The Bertz CT molecular complexity index is 969. The van der Waals surface area contributed by atoms with E-state index in [9.17, 15) is 14.7 Å². The van der Waals surface area contributed by atoms with Gasteiger partial charge in [-0.15, -0.1) is 0 Å². The number of benzene rings is 1. The first-order chi connectivity index (χ1) is 14.3. The predicted octanol–water partition coefficient (Wildman–Crippen LogP) is 3.25. The first-order valence-corrected chi connectivity index (χ1v) is 9.80. The molecule has 1 fully saturated rings. The van der Waals surface area contributed by atoms with Gasteiger partial charge in [-0.1, -0.05) is 0 Å². The van der Waals surface area contributed by atoms with E-state index in [0.29, 0.717) is 16.9 Å². The van der Waals surface area contributed by atoms with E-state index in [2.05, 4.69) is 4.98 Å². The number of amides is 1. The number of nitrogens with zero attached hydrogens (tertiary/aromatic N) is 2. The summed E-state index contributed by atoms with van der Waals surface area (Å²) in [5.74, 6) is -0.889. The topological polar surface area (TPSA) is 89.0 Å². The number of carbonyl (C=O) groups is 2. The van der Waals surface area contributed by atoms with E-state index in [1.54, 1.807) is 42.7 Å². The second kappa shape index (κ2) is 9.09. The summed E-state index contributed by atoms with van der Waals surface area (Å²) in [6.07, 6.45) is 3.20. The standard InChI is InChI=1S/C23H26N2O5/c1-14(2)30-18-6-5-17(13-15(18)3)21(26)19-20(16-7-9-24-10-8-16)25(11-12-29-4)23(28)22(19)27/h5-10,13-14,20,26H,11-12H2,1-4H3/t20-/m1/s1. The number of ketones is 1. The Morgan fingerprint density at radius 1 is 1.20 bits per heavy atom. The third-order valence-electron chi connectivity index (χ3n) is 4.91. The number of hydrogen-bond donors (Lipinski definition) is 1. The van der Waals surface area contributed by atoms with Crippen LogP contribution in [0.2, 0.25) is 0 Å². The van der Waals surface area contributed by atoms with Crippen molar-refractivity contribution in [3.63, 3.8) is 0 Å². The summed E-state index contributed by atoms with van der Waals surface area (Å²) in [5, 5.41) is 11.1. The molecule has 158 valence electrons. The number of aliphatic hydroxyl groups is 1. The fraction of sp³-hybridized carbons (Fsp3) is 0.348. The smallest absolute Gasteiger partial charge is 0.295 e. The Morgan fingerprint density at radius 3 is 2.50 bits per heavy atom. The van der Waals surface area contributed by atoms with Gasteiger partial charge in [0.25, 0.3) is 11.7 Å². The lowest BCUT2D eigenvalue weighted by atomic mass is 9.95. The van der Waals surface area contributed by atoms with Crippen LogP contribution in [0.5, 0.6) is 5.75 Å². The summed E-state index contributed by atoms with van der Waals surface area (Å²) in [5.41, 5.74) is 2.02. The van der Waals surface area contributed by atoms with E-state index in [0.717, 1.165) is 5.56 Å². The Kier molecular flexibility index (Phi) is 6.52. The molecule has 1 N–H and O–H groups in total. The van der Waals surface area contributed by atoms with Crippen LogP contribution in [0.15, 0.2) is 48.3 Å². The number of likely N-dealkylation sites (tertiary alicyclic amines) is 1. The van der Waals surface area contributed by atoms with Crippen molar-refractivity contribution in [1.82, 2.24) is 9.88 Å². The SMILES string of the molecule is COCCN1C(=O)C(=O)C(=C(O)c2ccc(OC(C)C)c(C)c2)[C@H]1c1ccncc1. The predicted molar refractivity (Wildman–Crippen MR) is 112 cm³/mol. The van der Waals surface area contributed by atoms with E-state index in [4.69, 9.17) is 9.47 Å². The van der Waals surface area contributed by atoms with Crippen LogP contribution in [-0.2, 0) is 14.3 Å². The highest BCUT2D eigenvalue weighted by Gasteiger charge is 2.45. The van der Waals surface area contributed by atoms with E-state index in [1.807, 2.05) is 20.8 Å². The molecular formula is C23H26N2O5. The summed E-state index contributed by atoms with van der Waals surface area (Å²) >= 11 is 0. The number of rotatable bonds is 7. The summed E-state index contributed by atoms with van der Waals surface area (Å²) in [7, 11) is 1.53. The molecular weight excluding hydrogens is 384 g/mol. The van der Waals surface area contributed by atoms with Gasteiger partial charge < -0.3 is 19.5 Å². The molecule has 0 saturated carbocycles. The van der Waals surface area contributed by atoms with Gasteiger partial charge in [0.1, 0.15) is 11.5 Å². The average molecular weight is 410 g/mol. The number of aliphatic hydroxyl groups excluding tert-OH is 1. The molecule has 2 aromatic rings. The van der Waals surface area contributed by atoms with Crippen LogP contribution in [0.25, 0.3) is 5.76 Å². The highest BCUT2D eigenvalue weighted by Crippen LogP contribution is 2.39. The number of aromatic nitrogens is 1. The lowest BCUT2D eigenvalue weighted by molar-refractivity contribution is -0.140. The van der Waals surface area contributed by atoms with E-state index < -0.39 is 17.7 Å². The maximum atomic E-state index is 12.9. The quantitative estimate of drug-likeness (QED) is 0.428. The molecule has 0 radical (unpaired) electrons. The minimum Gasteiger partial charge on any atom is -0.507 e. The molecule has 30 heavy (non-hydrogen) atoms. The molecule has 1 aliphatic rings. The average Bonchev–Trinajstić information content (AvgIpc) is 2.98. The van der Waals surface area contributed by atoms with Gasteiger partial charge in [0, 0.05) is 31.6 Å². The largest absolute Gasteiger partial charge is 0.507 e. The molecule has 7 nitrogen and oxygen atoms in total. The Labute approximate surface area is 175 Å². The molecule has 1 saturated heterocycles.